The molecule has 0 radical (unpaired) electrons. The molecular formula is C16H16N2O4. The van der Waals surface area contributed by atoms with E-state index in [1.807, 2.05) is 6.07 Å². The monoisotopic (exact) mass is 300 g/mol. The molecule has 0 fully saturated rings. The zero-order valence-corrected chi connectivity index (χ0v) is 11.7. The number of amides is 2. The number of carbonyl (C=O) groups excluding carboxylic acids is 2. The van der Waals surface area contributed by atoms with Crippen LogP contribution in [0.4, 0.5) is 10.5 Å². The van der Waals surface area contributed by atoms with E-state index in [-0.39, 0.29) is 0 Å². The van der Waals surface area contributed by atoms with E-state index in [2.05, 4.69) is 10.6 Å². The second kappa shape index (κ2) is 7.80. The highest BCUT2D eigenvalue weighted by atomic mass is 16.6. The van der Waals surface area contributed by atoms with Crippen LogP contribution in [0.25, 0.3) is 0 Å². The molecule has 0 spiro atoms. The van der Waals surface area contributed by atoms with Crippen molar-refractivity contribution in [2.45, 2.75) is 6.04 Å². The fourth-order valence-electron chi connectivity index (χ4n) is 1.71. The van der Waals surface area contributed by atoms with Gasteiger partial charge in [-0.05, 0) is 24.3 Å². The SMILES string of the molecule is O=C(NC(CO)C(=O)Nc1ccccc1)Oc1ccccc1. The zero-order chi connectivity index (χ0) is 15.8. The van der Waals surface area contributed by atoms with Gasteiger partial charge in [0.15, 0.2) is 0 Å². The average Bonchev–Trinajstić information content (AvgIpc) is 2.54. The maximum absolute atomic E-state index is 12.0. The summed E-state index contributed by atoms with van der Waals surface area (Å²) in [5.41, 5.74) is 0.573. The molecule has 1 atom stereocenters. The third-order valence-corrected chi connectivity index (χ3v) is 2.79. The maximum Gasteiger partial charge on any atom is 0.413 e. The van der Waals surface area contributed by atoms with Gasteiger partial charge in [0.25, 0.3) is 0 Å². The summed E-state index contributed by atoms with van der Waals surface area (Å²) >= 11 is 0. The van der Waals surface area contributed by atoms with Crippen LogP contribution in [0, 0.1) is 0 Å². The average molecular weight is 300 g/mol. The third-order valence-electron chi connectivity index (χ3n) is 2.79. The van der Waals surface area contributed by atoms with Crippen LogP contribution in [-0.2, 0) is 4.79 Å². The van der Waals surface area contributed by atoms with E-state index >= 15 is 0 Å². The second-order valence-electron chi connectivity index (χ2n) is 4.44. The first kappa shape index (κ1) is 15.5. The highest BCUT2D eigenvalue weighted by Gasteiger charge is 2.21. The zero-order valence-electron chi connectivity index (χ0n) is 11.7. The Morgan fingerprint density at radius 2 is 1.59 bits per heavy atom. The maximum atomic E-state index is 12.0. The molecule has 0 bridgehead atoms. The van der Waals surface area contributed by atoms with E-state index in [9.17, 15) is 14.7 Å². The molecule has 22 heavy (non-hydrogen) atoms. The van der Waals surface area contributed by atoms with Gasteiger partial charge in [0.1, 0.15) is 11.8 Å². The van der Waals surface area contributed by atoms with Gasteiger partial charge in [-0.2, -0.15) is 0 Å². The van der Waals surface area contributed by atoms with Crippen molar-refractivity contribution < 1.29 is 19.4 Å². The number of anilines is 1. The molecule has 0 heterocycles. The van der Waals surface area contributed by atoms with Gasteiger partial charge in [0.2, 0.25) is 5.91 Å². The molecule has 0 saturated carbocycles. The van der Waals surface area contributed by atoms with Gasteiger partial charge in [0.05, 0.1) is 6.61 Å². The van der Waals surface area contributed by atoms with Crippen molar-refractivity contribution in [3.63, 3.8) is 0 Å². The minimum Gasteiger partial charge on any atom is -0.410 e. The molecule has 2 aromatic carbocycles. The Hall–Kier alpha value is -2.86. The van der Waals surface area contributed by atoms with Crippen molar-refractivity contribution in [3.05, 3.63) is 60.7 Å². The molecule has 6 nitrogen and oxygen atoms in total. The summed E-state index contributed by atoms with van der Waals surface area (Å²) in [7, 11) is 0. The van der Waals surface area contributed by atoms with Crippen LogP contribution in [0.15, 0.2) is 60.7 Å². The lowest BCUT2D eigenvalue weighted by molar-refractivity contribution is -0.118. The van der Waals surface area contributed by atoms with Gasteiger partial charge < -0.3 is 20.5 Å². The van der Waals surface area contributed by atoms with Crippen LogP contribution in [-0.4, -0.2) is 29.8 Å². The quantitative estimate of drug-likeness (QED) is 0.785. The first-order valence-electron chi connectivity index (χ1n) is 6.69. The lowest BCUT2D eigenvalue weighted by Crippen LogP contribution is -2.47. The number of ether oxygens (including phenoxy) is 1. The van der Waals surface area contributed by atoms with Gasteiger partial charge in [-0.1, -0.05) is 36.4 Å². The Morgan fingerprint density at radius 3 is 2.18 bits per heavy atom. The summed E-state index contributed by atoms with van der Waals surface area (Å²) < 4.78 is 5.01. The van der Waals surface area contributed by atoms with Crippen LogP contribution < -0.4 is 15.4 Å². The van der Waals surface area contributed by atoms with Gasteiger partial charge in [-0.15, -0.1) is 0 Å². The van der Waals surface area contributed by atoms with E-state index in [0.717, 1.165) is 0 Å². The highest BCUT2D eigenvalue weighted by Crippen LogP contribution is 2.09. The Morgan fingerprint density at radius 1 is 1.00 bits per heavy atom. The predicted molar refractivity (Wildman–Crippen MR) is 81.5 cm³/mol. The first-order valence-corrected chi connectivity index (χ1v) is 6.69. The summed E-state index contributed by atoms with van der Waals surface area (Å²) in [4.78, 5) is 23.7. The number of carbonyl (C=O) groups is 2. The standard InChI is InChI=1S/C16H16N2O4/c19-11-14(15(20)17-12-7-3-1-4-8-12)18-16(21)22-13-9-5-2-6-10-13/h1-10,14,19H,11H2,(H,17,20)(H,18,21). The summed E-state index contributed by atoms with van der Waals surface area (Å²) in [6.07, 6.45) is -0.812. The van der Waals surface area contributed by atoms with E-state index in [1.165, 1.54) is 0 Å². The van der Waals surface area contributed by atoms with Crippen LogP contribution in [0.2, 0.25) is 0 Å². The van der Waals surface area contributed by atoms with E-state index in [0.29, 0.717) is 11.4 Å². The molecule has 0 aliphatic rings. The van der Waals surface area contributed by atoms with Crippen molar-refractivity contribution in [3.8, 4) is 5.75 Å². The van der Waals surface area contributed by atoms with Crippen molar-refractivity contribution >= 4 is 17.7 Å². The van der Waals surface area contributed by atoms with Crippen molar-refractivity contribution in [1.29, 1.82) is 0 Å². The molecule has 6 heteroatoms. The van der Waals surface area contributed by atoms with Gasteiger partial charge in [-0.3, -0.25) is 4.79 Å². The van der Waals surface area contributed by atoms with Crippen LogP contribution in [0.3, 0.4) is 0 Å². The van der Waals surface area contributed by atoms with Gasteiger partial charge in [0, 0.05) is 5.69 Å². The third kappa shape index (κ3) is 4.60. The Labute approximate surface area is 127 Å². The topological polar surface area (TPSA) is 87.7 Å². The normalized spacial score (nSPS) is 11.3. The Bertz CT molecular complexity index is 617. The molecule has 0 aliphatic heterocycles. The molecule has 2 amide bonds. The molecule has 0 aromatic heterocycles. The van der Waals surface area contributed by atoms with Crippen LogP contribution >= 0.6 is 0 Å². The van der Waals surface area contributed by atoms with E-state index < -0.39 is 24.6 Å². The molecule has 114 valence electrons. The summed E-state index contributed by atoms with van der Waals surface area (Å²) in [6.45, 7) is -0.539. The van der Waals surface area contributed by atoms with Crippen LogP contribution in [0.1, 0.15) is 0 Å². The predicted octanol–water partition coefficient (Wildman–Crippen LogP) is 1.77. The number of aliphatic hydroxyl groups is 1. The Balaban J connectivity index is 1.91. The second-order valence-corrected chi connectivity index (χ2v) is 4.44. The van der Waals surface area contributed by atoms with Gasteiger partial charge >= 0.3 is 6.09 Å². The number of nitrogens with one attached hydrogen (secondary N) is 2. The number of hydrogen-bond donors (Lipinski definition) is 3. The number of rotatable bonds is 5. The number of para-hydroxylation sites is 2. The molecule has 3 N–H and O–H groups in total. The lowest BCUT2D eigenvalue weighted by atomic mass is 10.2. The largest absolute Gasteiger partial charge is 0.413 e. The Kier molecular flexibility index (Phi) is 5.50. The summed E-state index contributed by atoms with van der Waals surface area (Å²) in [6, 6.07) is 16.1. The number of aliphatic hydroxyl groups excluding tert-OH is 1. The van der Waals surface area contributed by atoms with E-state index in [4.69, 9.17) is 4.74 Å². The molecule has 0 saturated heterocycles. The highest BCUT2D eigenvalue weighted by molar-refractivity contribution is 5.96. The van der Waals surface area contributed by atoms with Crippen molar-refractivity contribution in [1.82, 2.24) is 5.32 Å². The minimum absolute atomic E-state index is 0.347. The van der Waals surface area contributed by atoms with Crippen molar-refractivity contribution in [2.75, 3.05) is 11.9 Å². The number of hydrogen-bond acceptors (Lipinski definition) is 4. The first-order chi connectivity index (χ1) is 10.7. The molecule has 0 aliphatic carbocycles. The van der Waals surface area contributed by atoms with E-state index in [1.54, 1.807) is 54.6 Å². The van der Waals surface area contributed by atoms with Crippen molar-refractivity contribution in [2.24, 2.45) is 0 Å². The fourth-order valence-corrected chi connectivity index (χ4v) is 1.71. The minimum atomic E-state index is -1.10. The smallest absolute Gasteiger partial charge is 0.410 e. The van der Waals surface area contributed by atoms with Crippen LogP contribution in [0.5, 0.6) is 5.75 Å². The lowest BCUT2D eigenvalue weighted by Gasteiger charge is -2.16. The molecule has 1 unspecified atom stereocenters. The van der Waals surface area contributed by atoms with Gasteiger partial charge in [-0.25, -0.2) is 4.79 Å². The molecular weight excluding hydrogens is 284 g/mol. The summed E-state index contributed by atoms with van der Waals surface area (Å²) in [5, 5.41) is 14.2. The fraction of sp³-hybridized carbons (Fsp3) is 0.125. The number of benzene rings is 2. The summed E-state index contributed by atoms with van der Waals surface area (Å²) in [5.74, 6) is -0.182. The molecule has 2 aromatic rings. The molecule has 2 rings (SSSR count).